The van der Waals surface area contributed by atoms with E-state index in [4.69, 9.17) is 0 Å². The highest BCUT2D eigenvalue weighted by Gasteiger charge is 1.82. The fraction of sp³-hybridized carbons (Fsp3) is 0.250. The first-order valence-electron chi connectivity index (χ1n) is 1.65. The van der Waals surface area contributed by atoms with Crippen molar-refractivity contribution in [2.45, 2.75) is 0 Å². The number of rotatable bonds is 2. The molecular weight excluding hydrogens is 118 g/mol. The van der Waals surface area contributed by atoms with Crippen LogP contribution in [-0.2, 0) is 0 Å². The molecule has 7 heavy (non-hydrogen) atoms. The fourth-order valence-electron chi connectivity index (χ4n) is 0.122. The highest BCUT2D eigenvalue weighted by Crippen LogP contribution is 2.01. The second-order valence-electron chi connectivity index (χ2n) is 0.865. The normalized spacial score (nSPS) is 8.43. The molecule has 0 aromatic rings. The summed E-state index contributed by atoms with van der Waals surface area (Å²) < 4.78 is 22.1. The van der Waals surface area contributed by atoms with E-state index in [1.807, 2.05) is 0 Å². The van der Waals surface area contributed by atoms with Crippen LogP contribution in [0.15, 0.2) is 12.2 Å². The Morgan fingerprint density at radius 1 is 1.71 bits per heavy atom. The van der Waals surface area contributed by atoms with Gasteiger partial charge in [0.2, 0.25) is 0 Å². The van der Waals surface area contributed by atoms with Gasteiger partial charge in [-0.3, -0.25) is 0 Å². The molecule has 41 valence electrons. The molecular formula is C4H5F2S. The summed E-state index contributed by atoms with van der Waals surface area (Å²) in [7, 11) is 0. The molecule has 0 fully saturated rings. The number of halogens is 2. The Kier molecular flexibility index (Phi) is 4.09. The molecule has 0 rings (SSSR count). The first kappa shape index (κ1) is 6.95. The molecule has 0 bridgehead atoms. The third kappa shape index (κ3) is 5.95. The maximum absolute atomic E-state index is 11.0. The van der Waals surface area contributed by atoms with Gasteiger partial charge >= 0.3 is 0 Å². The molecule has 0 saturated carbocycles. The summed E-state index contributed by atoms with van der Waals surface area (Å²) in [5.74, 6) is 0.294. The van der Waals surface area contributed by atoms with Gasteiger partial charge in [0.05, 0.1) is 0 Å². The molecule has 1 radical (unpaired) electrons. The van der Waals surface area contributed by atoms with E-state index < -0.39 is 6.08 Å². The molecule has 0 unspecified atom stereocenters. The van der Waals surface area contributed by atoms with Crippen molar-refractivity contribution in [3.05, 3.63) is 18.4 Å². The van der Waals surface area contributed by atoms with Crippen LogP contribution in [0.2, 0.25) is 0 Å². The van der Waals surface area contributed by atoms with E-state index in [2.05, 4.69) is 6.26 Å². The van der Waals surface area contributed by atoms with E-state index in [0.717, 1.165) is 17.8 Å². The lowest BCUT2D eigenvalue weighted by Gasteiger charge is -1.78. The number of thioether (sulfide) groups is 1. The first-order chi connectivity index (χ1) is 3.27. The fourth-order valence-corrected chi connectivity index (χ4v) is 0.366. The van der Waals surface area contributed by atoms with Crippen molar-refractivity contribution in [1.82, 2.24) is 0 Å². The lowest BCUT2D eigenvalue weighted by molar-refractivity contribution is 0.420. The van der Waals surface area contributed by atoms with Gasteiger partial charge in [-0.15, -0.1) is 0 Å². The number of hydrogen-bond acceptors (Lipinski definition) is 1. The van der Waals surface area contributed by atoms with Gasteiger partial charge in [0, 0.05) is 12.0 Å². The van der Waals surface area contributed by atoms with Gasteiger partial charge in [-0.25, -0.2) is 0 Å². The van der Waals surface area contributed by atoms with Gasteiger partial charge in [0.15, 0.2) is 0 Å². The molecule has 0 aliphatic heterocycles. The van der Waals surface area contributed by atoms with Crippen LogP contribution in [0.4, 0.5) is 8.78 Å². The third-order valence-electron chi connectivity index (χ3n) is 0.355. The Morgan fingerprint density at radius 3 is 2.43 bits per heavy atom. The van der Waals surface area contributed by atoms with E-state index in [1.54, 1.807) is 0 Å². The van der Waals surface area contributed by atoms with Crippen LogP contribution < -0.4 is 0 Å². The van der Waals surface area contributed by atoms with Gasteiger partial charge in [-0.2, -0.15) is 20.5 Å². The molecule has 0 aromatic carbocycles. The third-order valence-corrected chi connectivity index (χ3v) is 0.758. The predicted octanol–water partition coefficient (Wildman–Crippen LogP) is 2.29. The van der Waals surface area contributed by atoms with Crippen LogP contribution in [-0.4, -0.2) is 5.75 Å². The Balaban J connectivity index is 3.08. The van der Waals surface area contributed by atoms with Crippen LogP contribution >= 0.6 is 11.8 Å². The zero-order valence-corrected chi connectivity index (χ0v) is 4.47. The lowest BCUT2D eigenvalue weighted by Crippen LogP contribution is -1.64. The van der Waals surface area contributed by atoms with Gasteiger partial charge in [-0.05, 0) is 6.08 Å². The zero-order chi connectivity index (χ0) is 5.70. The second-order valence-corrected chi connectivity index (χ2v) is 1.61. The van der Waals surface area contributed by atoms with Gasteiger partial charge < -0.3 is 0 Å². The van der Waals surface area contributed by atoms with Crippen molar-refractivity contribution >= 4 is 11.8 Å². The van der Waals surface area contributed by atoms with E-state index in [0.29, 0.717) is 5.75 Å². The molecule has 0 spiro atoms. The Labute approximate surface area is 45.6 Å². The maximum atomic E-state index is 11.0. The quantitative estimate of drug-likeness (QED) is 0.542. The highest BCUT2D eigenvalue weighted by atomic mass is 32.2. The lowest BCUT2D eigenvalue weighted by atomic mass is 10.7. The summed E-state index contributed by atoms with van der Waals surface area (Å²) in [6, 6.07) is 0. The first-order valence-corrected chi connectivity index (χ1v) is 2.81. The van der Waals surface area contributed by atoms with Crippen molar-refractivity contribution in [3.8, 4) is 0 Å². The van der Waals surface area contributed by atoms with Crippen molar-refractivity contribution < 1.29 is 8.78 Å². The van der Waals surface area contributed by atoms with Gasteiger partial charge in [0.25, 0.3) is 6.08 Å². The van der Waals surface area contributed by atoms with E-state index >= 15 is 0 Å². The summed E-state index contributed by atoms with van der Waals surface area (Å²) >= 11 is 1.12. The van der Waals surface area contributed by atoms with Crippen molar-refractivity contribution in [3.63, 3.8) is 0 Å². The van der Waals surface area contributed by atoms with Crippen molar-refractivity contribution in [2.75, 3.05) is 5.75 Å². The molecule has 0 aliphatic carbocycles. The highest BCUT2D eigenvalue weighted by molar-refractivity contribution is 8.00. The molecule has 0 atom stereocenters. The SMILES string of the molecule is [CH2]SCC=C(F)F. The van der Waals surface area contributed by atoms with Crippen LogP contribution in [0.25, 0.3) is 0 Å². The van der Waals surface area contributed by atoms with Crippen LogP contribution in [0, 0.1) is 6.26 Å². The molecule has 0 nitrogen and oxygen atoms in total. The summed E-state index contributed by atoms with van der Waals surface area (Å²) in [6.07, 6.45) is 2.50. The molecule has 0 saturated heterocycles. The predicted molar refractivity (Wildman–Crippen MR) is 28.1 cm³/mol. The van der Waals surface area contributed by atoms with Gasteiger partial charge in [-0.1, -0.05) is 0 Å². The van der Waals surface area contributed by atoms with Crippen molar-refractivity contribution in [2.24, 2.45) is 0 Å². The van der Waals surface area contributed by atoms with Gasteiger partial charge in [0.1, 0.15) is 0 Å². The van der Waals surface area contributed by atoms with E-state index in [9.17, 15) is 8.78 Å². The van der Waals surface area contributed by atoms with Crippen LogP contribution in [0.5, 0.6) is 0 Å². The maximum Gasteiger partial charge on any atom is 0.267 e. The van der Waals surface area contributed by atoms with E-state index in [-0.39, 0.29) is 0 Å². The van der Waals surface area contributed by atoms with Crippen molar-refractivity contribution in [1.29, 1.82) is 0 Å². The Bertz CT molecular complexity index is 66.1. The summed E-state index contributed by atoms with van der Waals surface area (Å²) in [5, 5.41) is 0. The molecule has 0 N–H and O–H groups in total. The molecule has 0 aliphatic rings. The molecule has 0 heterocycles. The molecule has 3 heteroatoms. The van der Waals surface area contributed by atoms with E-state index in [1.165, 1.54) is 0 Å². The minimum Gasteiger partial charge on any atom is -0.174 e. The number of hydrogen-bond donors (Lipinski definition) is 0. The Morgan fingerprint density at radius 2 is 2.29 bits per heavy atom. The second kappa shape index (κ2) is 4.12. The van der Waals surface area contributed by atoms with Crippen LogP contribution in [0.1, 0.15) is 0 Å². The summed E-state index contributed by atoms with van der Waals surface area (Å²) in [6.45, 7) is 0. The monoisotopic (exact) mass is 123 g/mol. The standard InChI is InChI=1S/C4H5F2S/c1-7-3-2-4(5)6/h2H,1,3H2. The summed E-state index contributed by atoms with van der Waals surface area (Å²) in [5.41, 5.74) is 0. The summed E-state index contributed by atoms with van der Waals surface area (Å²) in [4.78, 5) is 0. The Hall–Kier alpha value is -0.0500. The average Bonchev–Trinajstić information content (AvgIpc) is 1.61. The minimum atomic E-state index is -1.63. The topological polar surface area (TPSA) is 0 Å². The molecule has 0 amide bonds. The van der Waals surface area contributed by atoms with Crippen LogP contribution in [0.3, 0.4) is 0 Å². The minimum absolute atomic E-state index is 0.294. The zero-order valence-electron chi connectivity index (χ0n) is 3.66. The average molecular weight is 123 g/mol. The largest absolute Gasteiger partial charge is 0.267 e. The molecule has 0 aromatic heterocycles. The smallest absolute Gasteiger partial charge is 0.174 e.